The Labute approximate surface area is 97.9 Å². The number of benzene rings is 1. The van der Waals surface area contributed by atoms with E-state index in [9.17, 15) is 4.79 Å². The first-order valence-electron chi connectivity index (χ1n) is 5.90. The van der Waals surface area contributed by atoms with Crippen molar-refractivity contribution in [2.24, 2.45) is 5.73 Å². The quantitative estimate of drug-likeness (QED) is 0.812. The molecule has 0 radical (unpaired) electrons. The van der Waals surface area contributed by atoms with E-state index >= 15 is 0 Å². The number of carbonyl (C=O) groups is 1. The molecule has 1 atom stereocenters. The average Bonchev–Trinajstić information content (AvgIpc) is 2.21. The van der Waals surface area contributed by atoms with Crippen LogP contribution < -0.4 is 5.73 Å². The maximum absolute atomic E-state index is 11.1. The van der Waals surface area contributed by atoms with Crippen LogP contribution in [0.3, 0.4) is 0 Å². The Bertz CT molecular complexity index is 371. The van der Waals surface area contributed by atoms with Crippen molar-refractivity contribution in [3.63, 3.8) is 0 Å². The topological polar surface area (TPSA) is 43.1 Å². The van der Waals surface area contributed by atoms with Gasteiger partial charge in [-0.3, -0.25) is 4.79 Å². The summed E-state index contributed by atoms with van der Waals surface area (Å²) >= 11 is 0. The molecule has 2 nitrogen and oxygen atoms in total. The summed E-state index contributed by atoms with van der Waals surface area (Å²) in [6, 6.07) is 6.28. The smallest absolute Gasteiger partial charge is 0.218 e. The lowest BCUT2D eigenvalue weighted by Crippen LogP contribution is -2.16. The van der Waals surface area contributed by atoms with Gasteiger partial charge in [-0.25, -0.2) is 0 Å². The second-order valence-electron chi connectivity index (χ2n) is 4.45. The Balaban J connectivity index is 3.00. The number of carbonyl (C=O) groups excluding carboxylic acids is 1. The van der Waals surface area contributed by atoms with Gasteiger partial charge in [0.2, 0.25) is 5.91 Å². The summed E-state index contributed by atoms with van der Waals surface area (Å²) in [4.78, 5) is 11.1. The van der Waals surface area contributed by atoms with Gasteiger partial charge in [0.05, 0.1) is 0 Å². The molecule has 0 aliphatic rings. The molecule has 0 aliphatic heterocycles. The molecule has 0 aromatic heterocycles. The van der Waals surface area contributed by atoms with E-state index < -0.39 is 0 Å². The summed E-state index contributed by atoms with van der Waals surface area (Å²) in [7, 11) is 0. The third-order valence-corrected chi connectivity index (χ3v) is 3.17. The van der Waals surface area contributed by atoms with Crippen molar-refractivity contribution in [1.29, 1.82) is 0 Å². The number of nitrogens with two attached hydrogens (primary N) is 1. The highest BCUT2D eigenvalue weighted by Crippen LogP contribution is 2.28. The number of hydrogen-bond acceptors (Lipinski definition) is 1. The molecule has 0 bridgehead atoms. The van der Waals surface area contributed by atoms with Gasteiger partial charge in [-0.05, 0) is 42.9 Å². The molecular formula is C14H21NO. The van der Waals surface area contributed by atoms with E-state index in [4.69, 9.17) is 5.73 Å². The minimum absolute atomic E-state index is 0.209. The van der Waals surface area contributed by atoms with Crippen LogP contribution in [0.4, 0.5) is 0 Å². The third-order valence-electron chi connectivity index (χ3n) is 3.17. The SMILES string of the molecule is CCCC(CC(N)=O)c1cccc(C)c1C. The van der Waals surface area contributed by atoms with E-state index in [1.165, 1.54) is 16.7 Å². The van der Waals surface area contributed by atoms with Crippen LogP contribution in [0, 0.1) is 13.8 Å². The van der Waals surface area contributed by atoms with Gasteiger partial charge < -0.3 is 5.73 Å². The van der Waals surface area contributed by atoms with Crippen molar-refractivity contribution in [1.82, 2.24) is 0 Å². The molecule has 0 saturated heterocycles. The van der Waals surface area contributed by atoms with E-state index in [1.54, 1.807) is 0 Å². The summed E-state index contributed by atoms with van der Waals surface area (Å²) in [5.41, 5.74) is 9.16. The molecule has 1 aromatic carbocycles. The van der Waals surface area contributed by atoms with Gasteiger partial charge in [0.25, 0.3) is 0 Å². The molecule has 2 heteroatoms. The largest absolute Gasteiger partial charge is 0.370 e. The van der Waals surface area contributed by atoms with Crippen molar-refractivity contribution < 1.29 is 4.79 Å². The van der Waals surface area contributed by atoms with Gasteiger partial charge >= 0.3 is 0 Å². The van der Waals surface area contributed by atoms with Gasteiger partial charge in [-0.2, -0.15) is 0 Å². The first kappa shape index (κ1) is 12.8. The fourth-order valence-electron chi connectivity index (χ4n) is 2.17. The first-order chi connectivity index (χ1) is 7.56. The standard InChI is InChI=1S/C14H21NO/c1-4-6-12(9-14(15)16)13-8-5-7-10(2)11(13)3/h5,7-8,12H,4,6,9H2,1-3H3,(H2,15,16). The molecule has 16 heavy (non-hydrogen) atoms. The average molecular weight is 219 g/mol. The molecule has 0 saturated carbocycles. The lowest BCUT2D eigenvalue weighted by Gasteiger charge is -2.18. The van der Waals surface area contributed by atoms with Crippen LogP contribution in [0.5, 0.6) is 0 Å². The normalized spacial score (nSPS) is 12.4. The lowest BCUT2D eigenvalue weighted by atomic mass is 9.87. The fraction of sp³-hybridized carbons (Fsp3) is 0.500. The highest BCUT2D eigenvalue weighted by Gasteiger charge is 2.16. The third kappa shape index (κ3) is 3.09. The minimum Gasteiger partial charge on any atom is -0.370 e. The van der Waals surface area contributed by atoms with Crippen molar-refractivity contribution in [2.45, 2.75) is 46.0 Å². The van der Waals surface area contributed by atoms with E-state index in [-0.39, 0.29) is 11.8 Å². The molecule has 1 aromatic rings. The summed E-state index contributed by atoms with van der Waals surface area (Å²) < 4.78 is 0. The van der Waals surface area contributed by atoms with Gasteiger partial charge in [0.15, 0.2) is 0 Å². The van der Waals surface area contributed by atoms with E-state index in [1.807, 2.05) is 0 Å². The van der Waals surface area contributed by atoms with Crippen molar-refractivity contribution >= 4 is 5.91 Å². The zero-order chi connectivity index (χ0) is 12.1. The highest BCUT2D eigenvalue weighted by atomic mass is 16.1. The molecule has 0 aliphatic carbocycles. The predicted octanol–water partition coefficient (Wildman–Crippen LogP) is 3.06. The Morgan fingerprint density at radius 1 is 1.38 bits per heavy atom. The Hall–Kier alpha value is -1.31. The van der Waals surface area contributed by atoms with Gasteiger partial charge in [0, 0.05) is 6.42 Å². The molecule has 1 unspecified atom stereocenters. The number of hydrogen-bond donors (Lipinski definition) is 1. The summed E-state index contributed by atoms with van der Waals surface area (Å²) in [5.74, 6) is 0.0711. The number of rotatable bonds is 5. The number of primary amides is 1. The summed E-state index contributed by atoms with van der Waals surface area (Å²) in [5, 5.41) is 0. The molecule has 2 N–H and O–H groups in total. The fourth-order valence-corrected chi connectivity index (χ4v) is 2.17. The maximum atomic E-state index is 11.1. The van der Waals surface area contributed by atoms with E-state index in [0.717, 1.165) is 12.8 Å². The number of amides is 1. The predicted molar refractivity (Wildman–Crippen MR) is 67.4 cm³/mol. The second-order valence-corrected chi connectivity index (χ2v) is 4.45. The van der Waals surface area contributed by atoms with Crippen LogP contribution in [0.1, 0.15) is 48.8 Å². The molecule has 88 valence electrons. The Morgan fingerprint density at radius 3 is 2.62 bits per heavy atom. The summed E-state index contributed by atoms with van der Waals surface area (Å²) in [6.45, 7) is 6.36. The van der Waals surface area contributed by atoms with Crippen LogP contribution in [-0.4, -0.2) is 5.91 Å². The van der Waals surface area contributed by atoms with E-state index in [2.05, 4.69) is 39.0 Å². The summed E-state index contributed by atoms with van der Waals surface area (Å²) in [6.07, 6.45) is 2.55. The Kier molecular flexibility index (Phi) is 4.53. The molecule has 1 rings (SSSR count). The zero-order valence-electron chi connectivity index (χ0n) is 10.4. The first-order valence-corrected chi connectivity index (χ1v) is 5.90. The molecular weight excluding hydrogens is 198 g/mol. The van der Waals surface area contributed by atoms with Gasteiger partial charge in [0.1, 0.15) is 0 Å². The van der Waals surface area contributed by atoms with Crippen molar-refractivity contribution in [3.05, 3.63) is 34.9 Å². The number of aryl methyl sites for hydroxylation is 1. The van der Waals surface area contributed by atoms with Crippen LogP contribution in [0.15, 0.2) is 18.2 Å². The minimum atomic E-state index is -0.209. The van der Waals surface area contributed by atoms with Crippen molar-refractivity contribution in [3.8, 4) is 0 Å². The lowest BCUT2D eigenvalue weighted by molar-refractivity contribution is -0.118. The highest BCUT2D eigenvalue weighted by molar-refractivity contribution is 5.74. The van der Waals surface area contributed by atoms with Crippen LogP contribution in [0.2, 0.25) is 0 Å². The molecule has 0 heterocycles. The van der Waals surface area contributed by atoms with Crippen LogP contribution >= 0.6 is 0 Å². The molecule has 1 amide bonds. The maximum Gasteiger partial charge on any atom is 0.218 e. The van der Waals surface area contributed by atoms with Crippen molar-refractivity contribution in [2.75, 3.05) is 0 Å². The van der Waals surface area contributed by atoms with Crippen LogP contribution in [-0.2, 0) is 4.79 Å². The second kappa shape index (κ2) is 5.69. The molecule has 0 fully saturated rings. The van der Waals surface area contributed by atoms with Crippen LogP contribution in [0.25, 0.3) is 0 Å². The Morgan fingerprint density at radius 2 is 2.06 bits per heavy atom. The van der Waals surface area contributed by atoms with Gasteiger partial charge in [-0.15, -0.1) is 0 Å². The monoisotopic (exact) mass is 219 g/mol. The van der Waals surface area contributed by atoms with E-state index in [0.29, 0.717) is 6.42 Å². The molecule has 0 spiro atoms. The van der Waals surface area contributed by atoms with Gasteiger partial charge in [-0.1, -0.05) is 31.5 Å². The zero-order valence-corrected chi connectivity index (χ0v) is 10.4.